The van der Waals surface area contributed by atoms with Gasteiger partial charge in [-0.2, -0.15) is 0 Å². The number of hydrogen-bond acceptors (Lipinski definition) is 8. The molecule has 220 valence electrons. The maximum atomic E-state index is 13.5. The van der Waals surface area contributed by atoms with Gasteiger partial charge in [-0.3, -0.25) is 14.9 Å². The highest BCUT2D eigenvalue weighted by Crippen LogP contribution is 2.12. The summed E-state index contributed by atoms with van der Waals surface area (Å²) in [5, 5.41) is 16.5. The van der Waals surface area contributed by atoms with Crippen LogP contribution in [-0.2, 0) is 19.1 Å². The SMILES string of the molecule is CNCCCCC(NC(C)C(=O)C(CCCCNC(C)(C)C)NC(C)(C)C)C(=O)NCCOCCOC. The van der Waals surface area contributed by atoms with Crippen LogP contribution in [0.25, 0.3) is 0 Å². The molecule has 3 atom stereocenters. The van der Waals surface area contributed by atoms with Gasteiger partial charge in [-0.25, -0.2) is 0 Å². The standard InChI is InChI=1S/C28H59N5O4/c1-22(25(34)23(33-28(5,6)7)14-11-13-17-31-27(2,3)4)32-24(15-10-12-16-29-8)26(35)30-18-19-37-21-20-36-9/h22-24,29,31-33H,10-21H2,1-9H3,(H,30,35). The summed E-state index contributed by atoms with van der Waals surface area (Å²) in [7, 11) is 3.55. The Kier molecular flexibility index (Phi) is 19.3. The summed E-state index contributed by atoms with van der Waals surface area (Å²) in [6.45, 7) is 18.3. The quantitative estimate of drug-likeness (QED) is 0.136. The fourth-order valence-corrected chi connectivity index (χ4v) is 3.99. The van der Waals surface area contributed by atoms with Gasteiger partial charge in [-0.15, -0.1) is 0 Å². The van der Waals surface area contributed by atoms with E-state index in [1.54, 1.807) is 7.11 Å². The zero-order valence-electron chi connectivity index (χ0n) is 25.4. The molecule has 0 aromatic rings. The first-order chi connectivity index (χ1) is 17.3. The molecule has 0 aliphatic heterocycles. The van der Waals surface area contributed by atoms with Crippen molar-refractivity contribution in [2.45, 2.75) is 116 Å². The van der Waals surface area contributed by atoms with Gasteiger partial charge < -0.3 is 30.7 Å². The number of ketones is 1. The fraction of sp³-hybridized carbons (Fsp3) is 0.929. The molecule has 9 nitrogen and oxygen atoms in total. The molecule has 0 radical (unpaired) electrons. The van der Waals surface area contributed by atoms with E-state index >= 15 is 0 Å². The van der Waals surface area contributed by atoms with Gasteiger partial charge in [0.25, 0.3) is 0 Å². The summed E-state index contributed by atoms with van der Waals surface area (Å²) >= 11 is 0. The second-order valence-corrected chi connectivity index (χ2v) is 12.0. The Labute approximate surface area is 227 Å². The molecule has 0 fully saturated rings. The maximum absolute atomic E-state index is 13.5. The molecule has 37 heavy (non-hydrogen) atoms. The van der Waals surface area contributed by atoms with Gasteiger partial charge >= 0.3 is 0 Å². The van der Waals surface area contributed by atoms with Gasteiger partial charge in [0.05, 0.1) is 37.9 Å². The normalized spacial score (nSPS) is 14.8. The van der Waals surface area contributed by atoms with E-state index in [4.69, 9.17) is 9.47 Å². The Balaban J connectivity index is 5.06. The molecule has 9 heteroatoms. The highest BCUT2D eigenvalue weighted by Gasteiger charge is 2.30. The van der Waals surface area contributed by atoms with Gasteiger partial charge in [-0.05, 0) is 94.3 Å². The minimum atomic E-state index is -0.439. The first-order valence-corrected chi connectivity index (χ1v) is 14.1. The van der Waals surface area contributed by atoms with Crippen LogP contribution in [0.1, 0.15) is 87.0 Å². The molecule has 0 aliphatic rings. The molecule has 0 saturated carbocycles. The third kappa shape index (κ3) is 20.5. The third-order valence-electron chi connectivity index (χ3n) is 5.87. The van der Waals surface area contributed by atoms with E-state index in [0.29, 0.717) is 32.8 Å². The van der Waals surface area contributed by atoms with Crippen LogP contribution in [-0.4, -0.2) is 94.5 Å². The Morgan fingerprint density at radius 2 is 1.41 bits per heavy atom. The molecule has 1 amide bonds. The lowest BCUT2D eigenvalue weighted by Gasteiger charge is -2.31. The molecular weight excluding hydrogens is 470 g/mol. The summed E-state index contributed by atoms with van der Waals surface area (Å²) in [5.74, 6) is 0.0164. The summed E-state index contributed by atoms with van der Waals surface area (Å²) in [4.78, 5) is 26.5. The minimum absolute atomic E-state index is 0.0898. The molecule has 0 rings (SSSR count). The molecule has 0 heterocycles. The van der Waals surface area contributed by atoms with Crippen LogP contribution in [0.3, 0.4) is 0 Å². The van der Waals surface area contributed by atoms with Crippen molar-refractivity contribution in [2.24, 2.45) is 0 Å². The monoisotopic (exact) mass is 529 g/mol. The molecule has 0 bridgehead atoms. The second kappa shape index (κ2) is 19.9. The second-order valence-electron chi connectivity index (χ2n) is 12.0. The number of amides is 1. The van der Waals surface area contributed by atoms with Gasteiger partial charge in [0.2, 0.25) is 5.91 Å². The number of carbonyl (C=O) groups is 2. The number of unbranched alkanes of at least 4 members (excludes halogenated alkanes) is 2. The minimum Gasteiger partial charge on any atom is -0.382 e. The van der Waals surface area contributed by atoms with Gasteiger partial charge in [0, 0.05) is 24.7 Å². The first kappa shape index (κ1) is 35.9. The lowest BCUT2D eigenvalue weighted by molar-refractivity contribution is -0.126. The smallest absolute Gasteiger partial charge is 0.237 e. The Morgan fingerprint density at radius 3 is 1.97 bits per heavy atom. The van der Waals surface area contributed by atoms with E-state index in [2.05, 4.69) is 68.1 Å². The highest BCUT2D eigenvalue weighted by molar-refractivity contribution is 5.90. The van der Waals surface area contributed by atoms with Crippen molar-refractivity contribution < 1.29 is 19.1 Å². The van der Waals surface area contributed by atoms with Crippen LogP contribution in [0.4, 0.5) is 0 Å². The highest BCUT2D eigenvalue weighted by atomic mass is 16.5. The number of Topliss-reactive ketones (excluding diaryl/α,β-unsaturated/α-hetero) is 1. The number of rotatable bonds is 22. The number of hydrogen-bond donors (Lipinski definition) is 5. The van der Waals surface area contributed by atoms with Crippen molar-refractivity contribution in [1.82, 2.24) is 26.6 Å². The van der Waals surface area contributed by atoms with E-state index in [1.807, 2.05) is 14.0 Å². The molecule has 0 aromatic carbocycles. The van der Waals surface area contributed by atoms with E-state index in [1.165, 1.54) is 0 Å². The van der Waals surface area contributed by atoms with Crippen molar-refractivity contribution in [1.29, 1.82) is 0 Å². The lowest BCUT2D eigenvalue weighted by Crippen LogP contribution is -2.56. The molecule has 0 spiro atoms. The Bertz CT molecular complexity index is 604. The van der Waals surface area contributed by atoms with Crippen LogP contribution in [0, 0.1) is 0 Å². The van der Waals surface area contributed by atoms with Gasteiger partial charge in [-0.1, -0.05) is 12.8 Å². The third-order valence-corrected chi connectivity index (χ3v) is 5.87. The van der Waals surface area contributed by atoms with Gasteiger partial charge in [0.1, 0.15) is 0 Å². The Morgan fingerprint density at radius 1 is 0.784 bits per heavy atom. The number of nitrogens with one attached hydrogen (secondary N) is 5. The number of ether oxygens (including phenoxy) is 2. The van der Waals surface area contributed by atoms with Crippen LogP contribution >= 0.6 is 0 Å². The number of carbonyl (C=O) groups excluding carboxylic acids is 2. The van der Waals surface area contributed by atoms with Crippen LogP contribution < -0.4 is 26.6 Å². The van der Waals surface area contributed by atoms with Crippen LogP contribution in [0.15, 0.2) is 0 Å². The lowest BCUT2D eigenvalue weighted by atomic mass is 9.96. The van der Waals surface area contributed by atoms with Crippen molar-refractivity contribution in [2.75, 3.05) is 53.6 Å². The van der Waals surface area contributed by atoms with E-state index in [-0.39, 0.29) is 28.8 Å². The molecule has 0 aromatic heterocycles. The molecule has 0 saturated heterocycles. The molecule has 3 unspecified atom stereocenters. The summed E-state index contributed by atoms with van der Waals surface area (Å²) < 4.78 is 10.4. The first-order valence-electron chi connectivity index (χ1n) is 14.1. The number of methoxy groups -OCH3 is 1. The molecule has 0 aliphatic carbocycles. The van der Waals surface area contributed by atoms with Crippen molar-refractivity contribution in [3.8, 4) is 0 Å². The van der Waals surface area contributed by atoms with Crippen molar-refractivity contribution in [3.63, 3.8) is 0 Å². The fourth-order valence-electron chi connectivity index (χ4n) is 3.99. The predicted molar refractivity (Wildman–Crippen MR) is 153 cm³/mol. The largest absolute Gasteiger partial charge is 0.382 e. The summed E-state index contributed by atoms with van der Waals surface area (Å²) in [6.07, 6.45) is 5.27. The summed E-state index contributed by atoms with van der Waals surface area (Å²) in [5.41, 5.74) is -0.0907. The molecule has 5 N–H and O–H groups in total. The van der Waals surface area contributed by atoms with Crippen molar-refractivity contribution >= 4 is 11.7 Å². The van der Waals surface area contributed by atoms with Crippen molar-refractivity contribution in [3.05, 3.63) is 0 Å². The van der Waals surface area contributed by atoms with Crippen LogP contribution in [0.2, 0.25) is 0 Å². The molecular formula is C28H59N5O4. The average Bonchev–Trinajstić information content (AvgIpc) is 2.80. The zero-order valence-corrected chi connectivity index (χ0v) is 25.4. The van der Waals surface area contributed by atoms with E-state index in [9.17, 15) is 9.59 Å². The van der Waals surface area contributed by atoms with E-state index < -0.39 is 12.1 Å². The van der Waals surface area contributed by atoms with E-state index in [0.717, 1.165) is 45.2 Å². The van der Waals surface area contributed by atoms with Crippen LogP contribution in [0.5, 0.6) is 0 Å². The van der Waals surface area contributed by atoms with Gasteiger partial charge in [0.15, 0.2) is 5.78 Å². The zero-order chi connectivity index (χ0) is 28.3. The average molecular weight is 530 g/mol. The predicted octanol–water partition coefficient (Wildman–Crippen LogP) is 2.39. The summed E-state index contributed by atoms with van der Waals surface area (Å²) in [6, 6.07) is -1.13. The maximum Gasteiger partial charge on any atom is 0.237 e. The topological polar surface area (TPSA) is 113 Å². The Hall–Kier alpha value is -1.10.